The first kappa shape index (κ1) is 25.7. The van der Waals surface area contributed by atoms with Crippen LogP contribution in [0.4, 0.5) is 0 Å². The van der Waals surface area contributed by atoms with Gasteiger partial charge in [0.1, 0.15) is 6.10 Å². The zero-order valence-electron chi connectivity index (χ0n) is 20.3. The van der Waals surface area contributed by atoms with Crippen LogP contribution in [0.5, 0.6) is 0 Å². The van der Waals surface area contributed by atoms with Crippen molar-refractivity contribution in [3.63, 3.8) is 0 Å². The van der Waals surface area contributed by atoms with E-state index in [0.717, 1.165) is 38.5 Å². The number of rotatable bonds is 9. The number of esters is 3. The summed E-state index contributed by atoms with van der Waals surface area (Å²) < 4.78 is 15.8. The van der Waals surface area contributed by atoms with Crippen molar-refractivity contribution in [2.24, 2.45) is 35.0 Å². The minimum absolute atomic E-state index is 0.118. The first-order chi connectivity index (χ1) is 14.6. The summed E-state index contributed by atoms with van der Waals surface area (Å²) in [6.07, 6.45) is 7.76. The average Bonchev–Trinajstić information content (AvgIpc) is 3.01. The van der Waals surface area contributed by atoms with E-state index in [-0.39, 0.29) is 29.2 Å². The molecule has 0 aromatic heterocycles. The van der Waals surface area contributed by atoms with Gasteiger partial charge in [0.25, 0.3) is 0 Å². The Hall–Kier alpha value is -1.59. The van der Waals surface area contributed by atoms with Gasteiger partial charge in [-0.05, 0) is 67.6 Å². The fourth-order valence-corrected chi connectivity index (χ4v) is 6.32. The maximum absolute atomic E-state index is 12.3. The monoisotopic (exact) mass is 438 g/mol. The Balaban J connectivity index is 2.03. The normalized spacial score (nSPS) is 32.3. The van der Waals surface area contributed by atoms with Crippen LogP contribution in [0.15, 0.2) is 0 Å². The summed E-state index contributed by atoms with van der Waals surface area (Å²) in [4.78, 5) is 35.1. The van der Waals surface area contributed by atoms with E-state index in [4.69, 9.17) is 14.2 Å². The predicted octanol–water partition coefficient (Wildman–Crippen LogP) is 4.93. The van der Waals surface area contributed by atoms with Gasteiger partial charge in [-0.25, -0.2) is 0 Å². The fourth-order valence-electron chi connectivity index (χ4n) is 6.32. The third-order valence-electron chi connectivity index (χ3n) is 8.02. The molecule has 0 amide bonds. The van der Waals surface area contributed by atoms with Crippen LogP contribution in [0.1, 0.15) is 86.0 Å². The van der Waals surface area contributed by atoms with Gasteiger partial charge in [0, 0.05) is 13.8 Å². The molecule has 0 radical (unpaired) electrons. The van der Waals surface area contributed by atoms with Crippen molar-refractivity contribution in [1.82, 2.24) is 0 Å². The number of hydrogen-bond donors (Lipinski definition) is 0. The average molecular weight is 439 g/mol. The lowest BCUT2D eigenvalue weighted by Gasteiger charge is -2.49. The van der Waals surface area contributed by atoms with Gasteiger partial charge in [0.15, 0.2) is 0 Å². The standard InChI is InChI=1S/C25H42O6/c1-16(15-30-19(4)26)8-7-9-17(2)22-11-10-18(3)25(22)13-12-21(24(28)29-6)23(14-25)31-20(5)27/h16-18,21-23H,7-15H2,1-6H3. The highest BCUT2D eigenvalue weighted by atomic mass is 16.6. The summed E-state index contributed by atoms with van der Waals surface area (Å²) >= 11 is 0. The van der Waals surface area contributed by atoms with Gasteiger partial charge in [-0.1, -0.05) is 33.6 Å². The van der Waals surface area contributed by atoms with Crippen LogP contribution < -0.4 is 0 Å². The first-order valence-electron chi connectivity index (χ1n) is 12.0. The molecule has 31 heavy (non-hydrogen) atoms. The Morgan fingerprint density at radius 1 is 1.03 bits per heavy atom. The van der Waals surface area contributed by atoms with E-state index in [1.54, 1.807) is 0 Å². The highest BCUT2D eigenvalue weighted by Crippen LogP contribution is 2.60. The number of methoxy groups -OCH3 is 1. The van der Waals surface area contributed by atoms with Crippen LogP contribution in [0.25, 0.3) is 0 Å². The van der Waals surface area contributed by atoms with Crippen molar-refractivity contribution in [2.45, 2.75) is 92.1 Å². The Morgan fingerprint density at radius 2 is 1.74 bits per heavy atom. The van der Waals surface area contributed by atoms with Crippen LogP contribution in [0.2, 0.25) is 0 Å². The van der Waals surface area contributed by atoms with Crippen LogP contribution in [-0.4, -0.2) is 37.7 Å². The summed E-state index contributed by atoms with van der Waals surface area (Å²) in [5.41, 5.74) is 0.118. The summed E-state index contributed by atoms with van der Waals surface area (Å²) in [6, 6.07) is 0. The second-order valence-electron chi connectivity index (χ2n) is 10.2. The second kappa shape index (κ2) is 11.3. The summed E-state index contributed by atoms with van der Waals surface area (Å²) in [5.74, 6) is 0.904. The lowest BCUT2D eigenvalue weighted by atomic mass is 9.58. The lowest BCUT2D eigenvalue weighted by molar-refractivity contribution is -0.168. The molecule has 0 aliphatic heterocycles. The van der Waals surface area contributed by atoms with E-state index in [1.807, 2.05) is 0 Å². The Morgan fingerprint density at radius 3 is 2.35 bits per heavy atom. The number of ether oxygens (including phenoxy) is 3. The van der Waals surface area contributed by atoms with Crippen molar-refractivity contribution in [3.05, 3.63) is 0 Å². The maximum atomic E-state index is 12.3. The molecule has 1 spiro atoms. The molecule has 0 heterocycles. The minimum Gasteiger partial charge on any atom is -0.469 e. The predicted molar refractivity (Wildman–Crippen MR) is 118 cm³/mol. The van der Waals surface area contributed by atoms with E-state index < -0.39 is 6.10 Å². The molecule has 0 aromatic carbocycles. The summed E-state index contributed by atoms with van der Waals surface area (Å²) in [7, 11) is 1.41. The smallest absolute Gasteiger partial charge is 0.312 e. The van der Waals surface area contributed by atoms with Crippen LogP contribution >= 0.6 is 0 Å². The van der Waals surface area contributed by atoms with Crippen LogP contribution in [0, 0.1) is 35.0 Å². The molecule has 0 aromatic rings. The highest BCUT2D eigenvalue weighted by Gasteiger charge is 2.55. The molecule has 6 nitrogen and oxygen atoms in total. The lowest BCUT2D eigenvalue weighted by Crippen LogP contribution is -2.47. The number of carbonyl (C=O) groups is 3. The molecule has 7 unspecified atom stereocenters. The fraction of sp³-hybridized carbons (Fsp3) is 0.880. The van der Waals surface area contributed by atoms with Crippen molar-refractivity contribution in [2.75, 3.05) is 13.7 Å². The third kappa shape index (κ3) is 6.45. The molecular weight excluding hydrogens is 396 g/mol. The van der Waals surface area contributed by atoms with Gasteiger partial charge in [-0.3, -0.25) is 14.4 Å². The van der Waals surface area contributed by atoms with Gasteiger partial charge in [-0.2, -0.15) is 0 Å². The SMILES string of the molecule is COC(=O)C1CCC2(CC1OC(C)=O)C(C)CCC2C(C)CCCC(C)COC(C)=O. The molecule has 2 saturated carbocycles. The minimum atomic E-state index is -0.391. The number of carbonyl (C=O) groups excluding carboxylic acids is 3. The Bertz CT molecular complexity index is 632. The molecule has 2 aliphatic carbocycles. The first-order valence-corrected chi connectivity index (χ1v) is 12.0. The van der Waals surface area contributed by atoms with E-state index in [1.165, 1.54) is 33.8 Å². The molecule has 7 atom stereocenters. The van der Waals surface area contributed by atoms with Crippen LogP contribution in [-0.2, 0) is 28.6 Å². The zero-order chi connectivity index (χ0) is 23.2. The Kier molecular flexibility index (Phi) is 9.38. The number of hydrogen-bond acceptors (Lipinski definition) is 6. The van der Waals surface area contributed by atoms with E-state index >= 15 is 0 Å². The van der Waals surface area contributed by atoms with E-state index in [9.17, 15) is 14.4 Å². The van der Waals surface area contributed by atoms with Crippen molar-refractivity contribution < 1.29 is 28.6 Å². The van der Waals surface area contributed by atoms with E-state index in [2.05, 4.69) is 20.8 Å². The zero-order valence-corrected chi connectivity index (χ0v) is 20.3. The van der Waals surface area contributed by atoms with Gasteiger partial charge in [0.2, 0.25) is 0 Å². The largest absolute Gasteiger partial charge is 0.469 e. The van der Waals surface area contributed by atoms with Crippen molar-refractivity contribution in [3.8, 4) is 0 Å². The third-order valence-corrected chi connectivity index (χ3v) is 8.02. The molecular formula is C25H42O6. The quantitative estimate of drug-likeness (QED) is 0.375. The summed E-state index contributed by atoms with van der Waals surface area (Å²) in [6.45, 7) is 10.2. The maximum Gasteiger partial charge on any atom is 0.312 e. The molecule has 2 fully saturated rings. The van der Waals surface area contributed by atoms with Gasteiger partial charge >= 0.3 is 17.9 Å². The Labute approximate surface area is 187 Å². The van der Waals surface area contributed by atoms with Crippen molar-refractivity contribution in [1.29, 1.82) is 0 Å². The highest BCUT2D eigenvalue weighted by molar-refractivity contribution is 5.74. The molecule has 0 saturated heterocycles. The van der Waals surface area contributed by atoms with Crippen LogP contribution in [0.3, 0.4) is 0 Å². The van der Waals surface area contributed by atoms with Gasteiger partial charge in [-0.15, -0.1) is 0 Å². The topological polar surface area (TPSA) is 78.9 Å². The molecule has 2 aliphatic rings. The second-order valence-corrected chi connectivity index (χ2v) is 10.2. The molecule has 6 heteroatoms. The summed E-state index contributed by atoms with van der Waals surface area (Å²) in [5, 5.41) is 0. The van der Waals surface area contributed by atoms with E-state index in [0.29, 0.717) is 30.3 Å². The van der Waals surface area contributed by atoms with Gasteiger partial charge in [0.05, 0.1) is 19.6 Å². The van der Waals surface area contributed by atoms with Crippen molar-refractivity contribution >= 4 is 17.9 Å². The molecule has 0 N–H and O–H groups in total. The molecule has 2 rings (SSSR count). The molecule has 0 bridgehead atoms. The van der Waals surface area contributed by atoms with Gasteiger partial charge < -0.3 is 14.2 Å². The molecule has 178 valence electrons.